The van der Waals surface area contributed by atoms with Gasteiger partial charge in [-0.25, -0.2) is 4.98 Å². The van der Waals surface area contributed by atoms with Crippen LogP contribution in [-0.4, -0.2) is 25.9 Å². The lowest BCUT2D eigenvalue weighted by molar-refractivity contribution is 0.634. The quantitative estimate of drug-likeness (QED) is 0.811. The average Bonchev–Trinajstić information content (AvgIpc) is 2.77. The highest BCUT2D eigenvalue weighted by molar-refractivity contribution is 5.27. The summed E-state index contributed by atoms with van der Waals surface area (Å²) in [5.74, 6) is 0.902. The monoisotopic (exact) mass is 205 g/mol. The molecule has 0 fully saturated rings. The van der Waals surface area contributed by atoms with Crippen molar-refractivity contribution < 1.29 is 0 Å². The van der Waals surface area contributed by atoms with E-state index in [-0.39, 0.29) is 0 Å². The highest BCUT2D eigenvalue weighted by atomic mass is 15.3. The molecule has 0 aliphatic heterocycles. The van der Waals surface area contributed by atoms with E-state index in [0.717, 1.165) is 24.7 Å². The van der Waals surface area contributed by atoms with E-state index < -0.39 is 0 Å². The van der Waals surface area contributed by atoms with Gasteiger partial charge in [0.1, 0.15) is 0 Å². The van der Waals surface area contributed by atoms with Crippen LogP contribution in [0.15, 0.2) is 24.7 Å². The van der Waals surface area contributed by atoms with Crippen LogP contribution in [0.5, 0.6) is 0 Å². The third kappa shape index (κ3) is 2.37. The first-order valence-electron chi connectivity index (χ1n) is 4.97. The molecule has 2 aromatic rings. The fourth-order valence-corrected chi connectivity index (χ4v) is 1.50. The van der Waals surface area contributed by atoms with Crippen molar-refractivity contribution in [2.75, 3.05) is 11.9 Å². The van der Waals surface area contributed by atoms with Crippen molar-refractivity contribution in [2.45, 2.75) is 13.5 Å². The summed E-state index contributed by atoms with van der Waals surface area (Å²) in [7, 11) is 1.98. The maximum atomic E-state index is 4.35. The third-order valence-corrected chi connectivity index (χ3v) is 2.18. The van der Waals surface area contributed by atoms with Crippen LogP contribution in [0.25, 0.3) is 0 Å². The maximum absolute atomic E-state index is 4.35. The van der Waals surface area contributed by atoms with E-state index in [4.69, 9.17) is 0 Å². The molecule has 0 saturated heterocycles. The van der Waals surface area contributed by atoms with Crippen LogP contribution < -0.4 is 5.32 Å². The van der Waals surface area contributed by atoms with E-state index in [1.165, 1.54) is 0 Å². The molecule has 2 aromatic heterocycles. The predicted molar refractivity (Wildman–Crippen MR) is 58.7 cm³/mol. The molecular formula is C10H15N5. The number of nitrogens with one attached hydrogen (secondary N) is 1. The molecule has 5 nitrogen and oxygen atoms in total. The molecule has 2 rings (SSSR count). The van der Waals surface area contributed by atoms with E-state index >= 15 is 0 Å². The normalized spacial score (nSPS) is 10.5. The minimum Gasteiger partial charge on any atom is -0.354 e. The van der Waals surface area contributed by atoms with Gasteiger partial charge in [-0.1, -0.05) is 0 Å². The first-order chi connectivity index (χ1) is 7.25. The molecule has 1 N–H and O–H groups in total. The highest BCUT2D eigenvalue weighted by Crippen LogP contribution is 2.04. The second-order valence-corrected chi connectivity index (χ2v) is 3.51. The van der Waals surface area contributed by atoms with Gasteiger partial charge in [0, 0.05) is 32.2 Å². The second-order valence-electron chi connectivity index (χ2n) is 3.51. The van der Waals surface area contributed by atoms with Gasteiger partial charge < -0.3 is 9.88 Å². The molecule has 0 radical (unpaired) electrons. The number of imidazole rings is 1. The molecule has 0 amide bonds. The highest BCUT2D eigenvalue weighted by Gasteiger charge is 2.00. The van der Waals surface area contributed by atoms with Crippen molar-refractivity contribution in [3.8, 4) is 0 Å². The summed E-state index contributed by atoms with van der Waals surface area (Å²) in [6, 6.07) is 1.92. The average molecular weight is 205 g/mol. The molecule has 0 unspecified atom stereocenters. The Kier molecular flexibility index (Phi) is 2.71. The summed E-state index contributed by atoms with van der Waals surface area (Å²) in [4.78, 5) is 4.35. The number of hydrogen-bond acceptors (Lipinski definition) is 3. The lowest BCUT2D eigenvalue weighted by atomic mass is 10.6. The smallest absolute Gasteiger partial charge is 0.202 e. The summed E-state index contributed by atoms with van der Waals surface area (Å²) in [5, 5.41) is 7.39. The first kappa shape index (κ1) is 9.76. The molecule has 0 aliphatic rings. The Hall–Kier alpha value is -1.78. The fraction of sp³-hybridized carbons (Fsp3) is 0.400. The number of aryl methyl sites for hydroxylation is 2. The minimum atomic E-state index is 0.825. The predicted octanol–water partition coefficient (Wildman–Crippen LogP) is 1.04. The van der Waals surface area contributed by atoms with Crippen molar-refractivity contribution >= 4 is 5.95 Å². The van der Waals surface area contributed by atoms with Gasteiger partial charge in [-0.15, -0.1) is 0 Å². The van der Waals surface area contributed by atoms with Crippen LogP contribution in [-0.2, 0) is 13.6 Å². The Morgan fingerprint density at radius 3 is 2.93 bits per heavy atom. The molecule has 0 saturated carbocycles. The lowest BCUT2D eigenvalue weighted by Crippen LogP contribution is -2.13. The molecule has 0 atom stereocenters. The van der Waals surface area contributed by atoms with Crippen molar-refractivity contribution in [1.82, 2.24) is 19.3 Å². The van der Waals surface area contributed by atoms with Gasteiger partial charge in [0.15, 0.2) is 0 Å². The Morgan fingerprint density at radius 1 is 1.47 bits per heavy atom. The van der Waals surface area contributed by atoms with Crippen LogP contribution in [0.3, 0.4) is 0 Å². The van der Waals surface area contributed by atoms with Gasteiger partial charge in [0.2, 0.25) is 5.95 Å². The van der Waals surface area contributed by atoms with Gasteiger partial charge in [-0.3, -0.25) is 4.68 Å². The number of anilines is 1. The van der Waals surface area contributed by atoms with Gasteiger partial charge >= 0.3 is 0 Å². The minimum absolute atomic E-state index is 0.825. The fourth-order valence-electron chi connectivity index (χ4n) is 1.50. The number of hydrogen-bond donors (Lipinski definition) is 1. The SMILES string of the molecule is Cc1cn(C)c(NCCn2cccn2)n1. The van der Waals surface area contributed by atoms with E-state index in [2.05, 4.69) is 15.4 Å². The Balaban J connectivity index is 1.86. The molecule has 80 valence electrons. The topological polar surface area (TPSA) is 47.7 Å². The largest absolute Gasteiger partial charge is 0.354 e. The van der Waals surface area contributed by atoms with E-state index in [0.29, 0.717) is 0 Å². The molecular weight excluding hydrogens is 190 g/mol. The lowest BCUT2D eigenvalue weighted by Gasteiger charge is -2.05. The van der Waals surface area contributed by atoms with Crippen LogP contribution in [0.2, 0.25) is 0 Å². The van der Waals surface area contributed by atoms with Crippen molar-refractivity contribution in [1.29, 1.82) is 0 Å². The summed E-state index contributed by atoms with van der Waals surface area (Å²) in [5.41, 5.74) is 1.03. The van der Waals surface area contributed by atoms with E-state index in [1.807, 2.05) is 41.7 Å². The van der Waals surface area contributed by atoms with Crippen LogP contribution in [0, 0.1) is 6.92 Å². The van der Waals surface area contributed by atoms with Crippen molar-refractivity contribution in [3.63, 3.8) is 0 Å². The van der Waals surface area contributed by atoms with Crippen LogP contribution in [0.1, 0.15) is 5.69 Å². The van der Waals surface area contributed by atoms with Gasteiger partial charge in [0.05, 0.1) is 12.2 Å². The Labute approximate surface area is 88.7 Å². The molecule has 0 spiro atoms. The molecule has 15 heavy (non-hydrogen) atoms. The molecule has 0 bridgehead atoms. The van der Waals surface area contributed by atoms with Crippen molar-refractivity contribution in [3.05, 3.63) is 30.4 Å². The van der Waals surface area contributed by atoms with E-state index in [9.17, 15) is 0 Å². The van der Waals surface area contributed by atoms with Crippen LogP contribution >= 0.6 is 0 Å². The summed E-state index contributed by atoms with van der Waals surface area (Å²) < 4.78 is 3.88. The zero-order valence-electron chi connectivity index (χ0n) is 9.01. The van der Waals surface area contributed by atoms with Gasteiger partial charge in [-0.2, -0.15) is 5.10 Å². The molecule has 0 aliphatic carbocycles. The first-order valence-corrected chi connectivity index (χ1v) is 4.97. The van der Waals surface area contributed by atoms with Gasteiger partial charge in [-0.05, 0) is 13.0 Å². The van der Waals surface area contributed by atoms with E-state index in [1.54, 1.807) is 6.20 Å². The number of rotatable bonds is 4. The van der Waals surface area contributed by atoms with Crippen molar-refractivity contribution in [2.24, 2.45) is 7.05 Å². The summed E-state index contributed by atoms with van der Waals surface area (Å²) >= 11 is 0. The number of aromatic nitrogens is 4. The Bertz CT molecular complexity index is 415. The van der Waals surface area contributed by atoms with Crippen LogP contribution in [0.4, 0.5) is 5.95 Å². The van der Waals surface area contributed by atoms with Gasteiger partial charge in [0.25, 0.3) is 0 Å². The zero-order chi connectivity index (χ0) is 10.7. The Morgan fingerprint density at radius 2 is 2.33 bits per heavy atom. The number of nitrogens with zero attached hydrogens (tertiary/aromatic N) is 4. The second kappa shape index (κ2) is 4.16. The zero-order valence-corrected chi connectivity index (χ0v) is 9.01. The summed E-state index contributed by atoms with van der Waals surface area (Å²) in [6.45, 7) is 3.66. The third-order valence-electron chi connectivity index (χ3n) is 2.18. The standard InChI is InChI=1S/C10H15N5/c1-9-8-14(2)10(13-9)11-5-7-15-6-3-4-12-15/h3-4,6,8H,5,7H2,1-2H3,(H,11,13). The maximum Gasteiger partial charge on any atom is 0.202 e. The molecule has 0 aromatic carbocycles. The molecule has 2 heterocycles. The molecule has 5 heteroatoms. The summed E-state index contributed by atoms with van der Waals surface area (Å²) in [6.07, 6.45) is 5.73.